The van der Waals surface area contributed by atoms with Crippen LogP contribution in [0.15, 0.2) is 24.3 Å². The van der Waals surface area contributed by atoms with Gasteiger partial charge in [-0.1, -0.05) is 12.1 Å². The van der Waals surface area contributed by atoms with Gasteiger partial charge in [0.1, 0.15) is 0 Å². The minimum atomic E-state index is -0.952. The fraction of sp³-hybridized carbons (Fsp3) is 0.333. The van der Waals surface area contributed by atoms with E-state index < -0.39 is 5.97 Å². The molecule has 0 amide bonds. The molecule has 4 heteroatoms. The number of carboxylic acids is 1. The van der Waals surface area contributed by atoms with Crippen molar-refractivity contribution in [3.8, 4) is 6.07 Å². The van der Waals surface area contributed by atoms with Gasteiger partial charge in [-0.3, -0.25) is 0 Å². The molecule has 1 aromatic rings. The first-order valence-corrected chi connectivity index (χ1v) is 4.99. The van der Waals surface area contributed by atoms with Gasteiger partial charge in [-0.05, 0) is 19.1 Å². The molecule has 0 aliphatic heterocycles. The molecule has 1 aromatic carbocycles. The Morgan fingerprint density at radius 3 is 2.75 bits per heavy atom. The molecule has 84 valence electrons. The molecule has 0 heterocycles. The van der Waals surface area contributed by atoms with E-state index in [0.717, 1.165) is 0 Å². The summed E-state index contributed by atoms with van der Waals surface area (Å²) in [5.41, 5.74) is 0.896. The average molecular weight is 218 g/mol. The van der Waals surface area contributed by atoms with Crippen LogP contribution in [0.3, 0.4) is 0 Å². The van der Waals surface area contributed by atoms with Crippen LogP contribution < -0.4 is 4.90 Å². The number of hydrogen-bond donors (Lipinski definition) is 1. The Bertz CT molecular complexity index is 423. The molecule has 1 N–H and O–H groups in total. The number of nitriles is 1. The van der Waals surface area contributed by atoms with E-state index >= 15 is 0 Å². The van der Waals surface area contributed by atoms with Crippen LogP contribution in [0, 0.1) is 17.2 Å². The third kappa shape index (κ3) is 2.74. The van der Waals surface area contributed by atoms with Gasteiger partial charge in [0.25, 0.3) is 0 Å². The zero-order valence-electron chi connectivity index (χ0n) is 9.34. The predicted molar refractivity (Wildman–Crippen MR) is 61.4 cm³/mol. The number of rotatable bonds is 4. The number of carbonyl (C=O) groups is 1. The van der Waals surface area contributed by atoms with Crippen LogP contribution in [0.1, 0.15) is 17.3 Å². The third-order valence-electron chi connectivity index (χ3n) is 2.31. The van der Waals surface area contributed by atoms with Crippen molar-refractivity contribution in [1.29, 1.82) is 5.26 Å². The van der Waals surface area contributed by atoms with Crippen LogP contribution in [0.2, 0.25) is 0 Å². The standard InChI is InChI=1S/C12H14N2O2/c1-9(7-13)8-14(2)11-6-4-3-5-10(11)12(15)16/h3-6,9H,8H2,1-2H3,(H,15,16). The summed E-state index contributed by atoms with van der Waals surface area (Å²) in [5, 5.41) is 17.7. The van der Waals surface area contributed by atoms with E-state index in [1.54, 1.807) is 43.1 Å². The molecule has 0 aromatic heterocycles. The summed E-state index contributed by atoms with van der Waals surface area (Å²) < 4.78 is 0. The molecular formula is C12H14N2O2. The minimum absolute atomic E-state index is 0.133. The molecular weight excluding hydrogens is 204 g/mol. The van der Waals surface area contributed by atoms with Crippen LogP contribution in [0.5, 0.6) is 0 Å². The second-order valence-electron chi connectivity index (χ2n) is 3.73. The molecule has 0 fully saturated rings. The first kappa shape index (κ1) is 12.1. The van der Waals surface area contributed by atoms with E-state index in [1.165, 1.54) is 0 Å². The van der Waals surface area contributed by atoms with Gasteiger partial charge in [0.2, 0.25) is 0 Å². The van der Waals surface area contributed by atoms with Gasteiger partial charge in [-0.15, -0.1) is 0 Å². The monoisotopic (exact) mass is 218 g/mol. The van der Waals surface area contributed by atoms with Gasteiger partial charge in [-0.25, -0.2) is 4.79 Å². The molecule has 1 rings (SSSR count). The highest BCUT2D eigenvalue weighted by molar-refractivity contribution is 5.94. The van der Waals surface area contributed by atoms with Gasteiger partial charge in [0.05, 0.1) is 23.2 Å². The maximum absolute atomic E-state index is 11.0. The molecule has 0 saturated heterocycles. The van der Waals surface area contributed by atoms with Crippen LogP contribution >= 0.6 is 0 Å². The Balaban J connectivity index is 2.95. The lowest BCUT2D eigenvalue weighted by atomic mass is 10.1. The number of benzene rings is 1. The van der Waals surface area contributed by atoms with Crippen molar-refractivity contribution in [2.75, 3.05) is 18.5 Å². The minimum Gasteiger partial charge on any atom is -0.478 e. The smallest absolute Gasteiger partial charge is 0.337 e. The fourth-order valence-electron chi connectivity index (χ4n) is 1.54. The predicted octanol–water partition coefficient (Wildman–Crippen LogP) is 1.98. The highest BCUT2D eigenvalue weighted by Gasteiger charge is 2.14. The maximum Gasteiger partial charge on any atom is 0.337 e. The van der Waals surface area contributed by atoms with E-state index in [0.29, 0.717) is 12.2 Å². The Kier molecular flexibility index (Phi) is 3.90. The van der Waals surface area contributed by atoms with Crippen LogP contribution in [-0.2, 0) is 0 Å². The zero-order valence-corrected chi connectivity index (χ0v) is 9.34. The van der Waals surface area contributed by atoms with E-state index in [2.05, 4.69) is 6.07 Å². The SMILES string of the molecule is CC(C#N)CN(C)c1ccccc1C(=O)O. The first-order valence-electron chi connectivity index (χ1n) is 4.99. The summed E-state index contributed by atoms with van der Waals surface area (Å²) in [5.74, 6) is -1.08. The van der Waals surface area contributed by atoms with Crippen molar-refractivity contribution >= 4 is 11.7 Å². The van der Waals surface area contributed by atoms with Crippen molar-refractivity contribution in [2.45, 2.75) is 6.92 Å². The molecule has 0 bridgehead atoms. The Hall–Kier alpha value is -2.02. The summed E-state index contributed by atoms with van der Waals surface area (Å²) in [6.07, 6.45) is 0. The maximum atomic E-state index is 11.0. The van der Waals surface area contributed by atoms with Gasteiger partial charge in [0, 0.05) is 13.6 Å². The van der Waals surface area contributed by atoms with Crippen molar-refractivity contribution in [1.82, 2.24) is 0 Å². The van der Waals surface area contributed by atoms with Gasteiger partial charge in [-0.2, -0.15) is 5.26 Å². The molecule has 0 radical (unpaired) electrons. The van der Waals surface area contributed by atoms with Gasteiger partial charge >= 0.3 is 5.97 Å². The second kappa shape index (κ2) is 5.17. The number of hydrogen-bond acceptors (Lipinski definition) is 3. The normalized spacial score (nSPS) is 11.6. The Morgan fingerprint density at radius 2 is 2.19 bits per heavy atom. The topological polar surface area (TPSA) is 64.3 Å². The molecule has 16 heavy (non-hydrogen) atoms. The van der Waals surface area contributed by atoms with Crippen LogP contribution in [0.25, 0.3) is 0 Å². The quantitative estimate of drug-likeness (QED) is 0.839. The van der Waals surface area contributed by atoms with Gasteiger partial charge in [0.15, 0.2) is 0 Å². The van der Waals surface area contributed by atoms with Crippen molar-refractivity contribution < 1.29 is 9.90 Å². The van der Waals surface area contributed by atoms with E-state index in [-0.39, 0.29) is 11.5 Å². The van der Waals surface area contributed by atoms with Gasteiger partial charge < -0.3 is 10.0 Å². The zero-order chi connectivity index (χ0) is 12.1. The molecule has 0 saturated carbocycles. The third-order valence-corrected chi connectivity index (χ3v) is 2.31. The number of aromatic carboxylic acids is 1. The lowest BCUT2D eigenvalue weighted by Gasteiger charge is -2.22. The number of nitrogens with zero attached hydrogens (tertiary/aromatic N) is 2. The second-order valence-corrected chi connectivity index (χ2v) is 3.73. The molecule has 0 spiro atoms. The largest absolute Gasteiger partial charge is 0.478 e. The highest BCUT2D eigenvalue weighted by atomic mass is 16.4. The molecule has 0 aliphatic carbocycles. The average Bonchev–Trinajstić information content (AvgIpc) is 2.28. The summed E-state index contributed by atoms with van der Waals surface area (Å²) in [6, 6.07) is 8.91. The summed E-state index contributed by atoms with van der Waals surface area (Å²) in [7, 11) is 1.79. The van der Waals surface area contributed by atoms with Crippen LogP contribution in [-0.4, -0.2) is 24.7 Å². The van der Waals surface area contributed by atoms with E-state index in [9.17, 15) is 4.79 Å². The van der Waals surface area contributed by atoms with E-state index in [1.807, 2.05) is 0 Å². The van der Waals surface area contributed by atoms with E-state index in [4.69, 9.17) is 10.4 Å². The summed E-state index contributed by atoms with van der Waals surface area (Å²) in [4.78, 5) is 12.8. The van der Waals surface area contributed by atoms with Crippen molar-refractivity contribution in [2.24, 2.45) is 5.92 Å². The number of carboxylic acid groups (broad SMARTS) is 1. The molecule has 0 aliphatic rings. The Morgan fingerprint density at radius 1 is 1.56 bits per heavy atom. The molecule has 1 unspecified atom stereocenters. The summed E-state index contributed by atoms with van der Waals surface area (Å²) in [6.45, 7) is 2.32. The highest BCUT2D eigenvalue weighted by Crippen LogP contribution is 2.19. The number of para-hydroxylation sites is 1. The van der Waals surface area contributed by atoms with Crippen LogP contribution in [0.4, 0.5) is 5.69 Å². The van der Waals surface area contributed by atoms with Crippen molar-refractivity contribution in [3.05, 3.63) is 29.8 Å². The number of anilines is 1. The summed E-state index contributed by atoms with van der Waals surface area (Å²) >= 11 is 0. The molecule has 1 atom stereocenters. The first-order chi connectivity index (χ1) is 7.56. The Labute approximate surface area is 94.7 Å². The molecule has 4 nitrogen and oxygen atoms in total. The lowest BCUT2D eigenvalue weighted by Crippen LogP contribution is -2.25. The fourth-order valence-corrected chi connectivity index (χ4v) is 1.54. The van der Waals surface area contributed by atoms with Crippen molar-refractivity contribution in [3.63, 3.8) is 0 Å². The lowest BCUT2D eigenvalue weighted by molar-refractivity contribution is 0.0697.